The minimum absolute atomic E-state index is 0.0932. The van der Waals surface area contributed by atoms with Crippen LogP contribution < -0.4 is 0 Å². The lowest BCUT2D eigenvalue weighted by Gasteiger charge is -2.40. The van der Waals surface area contributed by atoms with E-state index in [1.807, 2.05) is 35.2 Å². The predicted octanol–water partition coefficient (Wildman–Crippen LogP) is 8.09. The minimum Gasteiger partial charge on any atom is -0.445 e. The van der Waals surface area contributed by atoms with Crippen LogP contribution in [0.2, 0.25) is 0 Å². The molecule has 0 bridgehead atoms. The van der Waals surface area contributed by atoms with Gasteiger partial charge in [0, 0.05) is 32.2 Å². The molecule has 1 saturated heterocycles. The quantitative estimate of drug-likeness (QED) is 0.234. The summed E-state index contributed by atoms with van der Waals surface area (Å²) in [6.07, 6.45) is 4.30. The summed E-state index contributed by atoms with van der Waals surface area (Å²) in [6, 6.07) is 31.8. The topological polar surface area (TPSA) is 42.0 Å². The maximum atomic E-state index is 13.2. The van der Waals surface area contributed by atoms with Crippen molar-refractivity contribution >= 4 is 6.09 Å². The van der Waals surface area contributed by atoms with Gasteiger partial charge in [-0.1, -0.05) is 105 Å². The Bertz CT molecular complexity index is 1210. The van der Waals surface area contributed by atoms with Crippen LogP contribution in [0.25, 0.3) is 0 Å². The second-order valence-corrected chi connectivity index (χ2v) is 12.7. The molecule has 5 rings (SSSR count). The zero-order valence-corrected chi connectivity index (χ0v) is 25.6. The second-order valence-electron chi connectivity index (χ2n) is 12.7. The number of amides is 1. The number of nitrogens with zero attached hydrogens (tertiary/aromatic N) is 2. The summed E-state index contributed by atoms with van der Waals surface area (Å²) in [5, 5.41) is 0. The zero-order valence-electron chi connectivity index (χ0n) is 25.6. The fraction of sp³-hybridized carbons (Fsp3) is 0.486. The van der Waals surface area contributed by atoms with Gasteiger partial charge in [-0.15, -0.1) is 0 Å². The standard InChI is InChI=1S/C37H48N2O3/c1-28(2)25-39(37(40)41-27-30-13-7-4-8-14-30)34-19-21-38(22-20-34)26-33-23-35(24-36(33)32-17-11-6-12-18-32)42-29(3)31-15-9-5-10-16-31/h4-18,28-29,33-36H,19-27H2,1-3H3/t29?,33-,35?,36-/m1/s1. The van der Waals surface area contributed by atoms with Gasteiger partial charge >= 0.3 is 6.09 Å². The average molecular weight is 569 g/mol. The highest BCUT2D eigenvalue weighted by molar-refractivity contribution is 5.68. The van der Waals surface area contributed by atoms with E-state index < -0.39 is 0 Å². The lowest BCUT2D eigenvalue weighted by Crippen LogP contribution is -2.49. The van der Waals surface area contributed by atoms with Gasteiger partial charge in [0.05, 0.1) is 12.2 Å². The molecule has 0 aromatic heterocycles. The summed E-state index contributed by atoms with van der Waals surface area (Å²) >= 11 is 0. The largest absolute Gasteiger partial charge is 0.445 e. The summed E-state index contributed by atoms with van der Waals surface area (Å²) in [5.41, 5.74) is 3.70. The normalized spacial score (nSPS) is 22.2. The van der Waals surface area contributed by atoms with Crippen LogP contribution in [0, 0.1) is 11.8 Å². The highest BCUT2D eigenvalue weighted by atomic mass is 16.6. The Balaban J connectivity index is 1.18. The molecule has 0 radical (unpaired) electrons. The molecule has 1 saturated carbocycles. The van der Waals surface area contributed by atoms with Gasteiger partial charge in [-0.2, -0.15) is 0 Å². The average Bonchev–Trinajstić information content (AvgIpc) is 3.42. The van der Waals surface area contributed by atoms with Gasteiger partial charge in [0.25, 0.3) is 0 Å². The number of likely N-dealkylation sites (tertiary alicyclic amines) is 1. The Labute approximate surface area is 252 Å². The van der Waals surface area contributed by atoms with Gasteiger partial charge < -0.3 is 19.3 Å². The van der Waals surface area contributed by atoms with Crippen LogP contribution in [0.4, 0.5) is 4.79 Å². The van der Waals surface area contributed by atoms with E-state index in [1.54, 1.807) is 0 Å². The number of ether oxygens (including phenoxy) is 2. The second kappa shape index (κ2) is 14.8. The first-order valence-corrected chi connectivity index (χ1v) is 15.9. The Hall–Kier alpha value is -3.15. The van der Waals surface area contributed by atoms with Crippen molar-refractivity contribution in [2.24, 2.45) is 11.8 Å². The van der Waals surface area contributed by atoms with Crippen molar-refractivity contribution in [2.45, 2.75) is 77.2 Å². The van der Waals surface area contributed by atoms with Crippen molar-refractivity contribution in [3.05, 3.63) is 108 Å². The fourth-order valence-electron chi connectivity index (χ4n) is 6.90. The van der Waals surface area contributed by atoms with Crippen molar-refractivity contribution in [1.82, 2.24) is 9.80 Å². The van der Waals surface area contributed by atoms with E-state index in [0.717, 1.165) is 57.4 Å². The molecule has 3 aromatic carbocycles. The molecule has 4 atom stereocenters. The zero-order chi connectivity index (χ0) is 29.3. The molecule has 2 aliphatic rings. The summed E-state index contributed by atoms with van der Waals surface area (Å²) in [5.74, 6) is 1.45. The molecule has 5 nitrogen and oxygen atoms in total. The predicted molar refractivity (Wildman–Crippen MR) is 169 cm³/mol. The van der Waals surface area contributed by atoms with Crippen molar-refractivity contribution < 1.29 is 14.3 Å². The molecule has 0 spiro atoms. The van der Waals surface area contributed by atoms with E-state index in [1.165, 1.54) is 11.1 Å². The molecule has 1 heterocycles. The minimum atomic E-state index is -0.182. The summed E-state index contributed by atoms with van der Waals surface area (Å²) in [4.78, 5) is 17.8. The number of rotatable bonds is 11. The molecule has 1 aliphatic heterocycles. The molecule has 1 aliphatic carbocycles. The molecule has 3 aromatic rings. The third kappa shape index (κ3) is 8.23. The molecule has 0 N–H and O–H groups in total. The monoisotopic (exact) mass is 568 g/mol. The van der Waals surface area contributed by atoms with Crippen molar-refractivity contribution in [3.8, 4) is 0 Å². The van der Waals surface area contributed by atoms with Crippen molar-refractivity contribution in [3.63, 3.8) is 0 Å². The highest BCUT2D eigenvalue weighted by Gasteiger charge is 2.38. The van der Waals surface area contributed by atoms with Crippen LogP contribution in [0.3, 0.4) is 0 Å². The van der Waals surface area contributed by atoms with Gasteiger partial charge in [-0.25, -0.2) is 4.79 Å². The van der Waals surface area contributed by atoms with Gasteiger partial charge in [0.1, 0.15) is 6.61 Å². The van der Waals surface area contributed by atoms with Crippen LogP contribution in [-0.2, 0) is 16.1 Å². The van der Waals surface area contributed by atoms with Crippen molar-refractivity contribution in [2.75, 3.05) is 26.2 Å². The Kier molecular flexibility index (Phi) is 10.7. The highest BCUT2D eigenvalue weighted by Crippen LogP contribution is 2.43. The number of benzene rings is 3. The number of hydrogen-bond acceptors (Lipinski definition) is 4. The van der Waals surface area contributed by atoms with Crippen molar-refractivity contribution in [1.29, 1.82) is 0 Å². The van der Waals surface area contributed by atoms with E-state index >= 15 is 0 Å². The van der Waals surface area contributed by atoms with Crippen LogP contribution >= 0.6 is 0 Å². The Morgan fingerprint density at radius 3 is 2.12 bits per heavy atom. The molecular weight excluding hydrogens is 520 g/mol. The smallest absolute Gasteiger partial charge is 0.410 e. The molecular formula is C37H48N2O3. The van der Waals surface area contributed by atoms with E-state index in [-0.39, 0.29) is 24.3 Å². The SMILES string of the molecule is CC(C)CN(C(=O)OCc1ccccc1)C1CCN(C[C@H]2CC(OC(C)c3ccccc3)C[C@@H]2c2ccccc2)CC1. The molecule has 1 amide bonds. The Morgan fingerprint density at radius 1 is 0.857 bits per heavy atom. The first-order valence-electron chi connectivity index (χ1n) is 15.9. The summed E-state index contributed by atoms with van der Waals surface area (Å²) < 4.78 is 12.4. The number of carbonyl (C=O) groups excluding carboxylic acids is 1. The van der Waals surface area contributed by atoms with Crippen LogP contribution in [0.5, 0.6) is 0 Å². The number of piperidine rings is 1. The van der Waals surface area contributed by atoms with E-state index in [0.29, 0.717) is 24.4 Å². The lowest BCUT2D eigenvalue weighted by atomic mass is 9.88. The molecule has 5 heteroatoms. The first-order chi connectivity index (χ1) is 20.5. The third-order valence-corrected chi connectivity index (χ3v) is 9.04. The first kappa shape index (κ1) is 30.3. The Morgan fingerprint density at radius 2 is 1.48 bits per heavy atom. The maximum absolute atomic E-state index is 13.2. The van der Waals surface area contributed by atoms with E-state index in [9.17, 15) is 4.79 Å². The number of carbonyl (C=O) groups is 1. The van der Waals surface area contributed by atoms with Crippen LogP contribution in [0.15, 0.2) is 91.0 Å². The van der Waals surface area contributed by atoms with Gasteiger partial charge in [-0.05, 0) is 67.1 Å². The number of hydrogen-bond donors (Lipinski definition) is 0. The van der Waals surface area contributed by atoms with E-state index in [4.69, 9.17) is 9.47 Å². The van der Waals surface area contributed by atoms with Gasteiger partial charge in [0.2, 0.25) is 0 Å². The van der Waals surface area contributed by atoms with Crippen LogP contribution in [-0.4, -0.2) is 54.2 Å². The summed E-state index contributed by atoms with van der Waals surface area (Å²) in [7, 11) is 0. The summed E-state index contributed by atoms with van der Waals surface area (Å²) in [6.45, 7) is 10.7. The maximum Gasteiger partial charge on any atom is 0.410 e. The molecule has 224 valence electrons. The van der Waals surface area contributed by atoms with Crippen LogP contribution in [0.1, 0.15) is 75.2 Å². The van der Waals surface area contributed by atoms with Gasteiger partial charge in [-0.3, -0.25) is 0 Å². The molecule has 42 heavy (non-hydrogen) atoms. The van der Waals surface area contributed by atoms with E-state index in [2.05, 4.69) is 86.3 Å². The fourth-order valence-corrected chi connectivity index (χ4v) is 6.90. The van der Waals surface area contributed by atoms with Gasteiger partial charge in [0.15, 0.2) is 0 Å². The lowest BCUT2D eigenvalue weighted by molar-refractivity contribution is -0.00280. The third-order valence-electron chi connectivity index (χ3n) is 9.04. The molecule has 2 fully saturated rings. The molecule has 2 unspecified atom stereocenters.